The first-order valence-electron chi connectivity index (χ1n) is 6.89. The van der Waals surface area contributed by atoms with E-state index in [-0.39, 0.29) is 4.31 Å². The van der Waals surface area contributed by atoms with Gasteiger partial charge in [0.2, 0.25) is 0 Å². The smallest absolute Gasteiger partial charge is 0.496 e. The molecule has 0 saturated carbocycles. The molecular weight excluding hydrogens is 345 g/mol. The molecule has 0 aromatic heterocycles. The zero-order valence-corrected chi connectivity index (χ0v) is 14.1. The molecule has 1 heterocycles. The van der Waals surface area contributed by atoms with Crippen molar-refractivity contribution in [1.29, 1.82) is 0 Å². The Bertz CT molecular complexity index is 757. The fraction of sp³-hybridized carbons (Fsp3) is 0.333. The van der Waals surface area contributed by atoms with E-state index in [9.17, 15) is 21.6 Å². The number of nitrogens with zero attached hydrogens (tertiary/aromatic N) is 2. The van der Waals surface area contributed by atoms with Crippen LogP contribution in [0.25, 0.3) is 0 Å². The maximum absolute atomic E-state index is 12.6. The van der Waals surface area contributed by atoms with Gasteiger partial charge >= 0.3 is 15.5 Å². The van der Waals surface area contributed by atoms with Crippen LogP contribution in [-0.2, 0) is 10.0 Å². The lowest BCUT2D eigenvalue weighted by molar-refractivity contribution is -0.0468. The van der Waals surface area contributed by atoms with Crippen molar-refractivity contribution in [2.45, 2.75) is 11.4 Å². The summed E-state index contributed by atoms with van der Waals surface area (Å²) < 4.78 is 65.9. The summed E-state index contributed by atoms with van der Waals surface area (Å²) in [6.07, 6.45) is 4.53. The van der Waals surface area contributed by atoms with Crippen LogP contribution in [-0.4, -0.2) is 39.4 Å². The highest BCUT2D eigenvalue weighted by Gasteiger charge is 2.49. The third-order valence-corrected chi connectivity index (χ3v) is 4.93. The Labute approximate surface area is 138 Å². The van der Waals surface area contributed by atoms with Crippen LogP contribution in [0.4, 0.5) is 18.9 Å². The van der Waals surface area contributed by atoms with Gasteiger partial charge in [-0.05, 0) is 6.07 Å². The van der Waals surface area contributed by atoms with Crippen LogP contribution >= 0.6 is 0 Å². The van der Waals surface area contributed by atoms with Crippen LogP contribution < -0.4 is 9.64 Å². The third kappa shape index (κ3) is 3.35. The average Bonchev–Trinajstić information content (AvgIpc) is 2.53. The van der Waals surface area contributed by atoms with Gasteiger partial charge in [0.05, 0.1) is 7.11 Å². The van der Waals surface area contributed by atoms with Crippen molar-refractivity contribution < 1.29 is 26.3 Å². The standard InChI is InChI=1S/C15H17F3N2O3S/c1-19(2)12-4-5-13(14(10-12)23-3)11-6-8-20(9-7-11)24(21,22)15(16,17)18/h4-11H,1-3H3. The third-order valence-electron chi connectivity index (χ3n) is 3.54. The van der Waals surface area contributed by atoms with Crippen molar-refractivity contribution in [2.24, 2.45) is 0 Å². The lowest BCUT2D eigenvalue weighted by atomic mass is 9.96. The van der Waals surface area contributed by atoms with E-state index in [0.717, 1.165) is 23.7 Å². The summed E-state index contributed by atoms with van der Waals surface area (Å²) in [7, 11) is -0.182. The van der Waals surface area contributed by atoms with Crippen molar-refractivity contribution in [3.63, 3.8) is 0 Å². The van der Waals surface area contributed by atoms with Crippen molar-refractivity contribution >= 4 is 15.7 Å². The number of alkyl halides is 3. The summed E-state index contributed by atoms with van der Waals surface area (Å²) in [5.74, 6) is 0.170. The number of ether oxygens (including phenoxy) is 1. The highest BCUT2D eigenvalue weighted by Crippen LogP contribution is 2.35. The van der Waals surface area contributed by atoms with Gasteiger partial charge in [-0.2, -0.15) is 21.6 Å². The minimum absolute atomic E-state index is 0.157. The van der Waals surface area contributed by atoms with E-state index < -0.39 is 21.4 Å². The molecule has 0 spiro atoms. The minimum Gasteiger partial charge on any atom is -0.496 e. The molecular formula is C15H17F3N2O3S. The first-order valence-corrected chi connectivity index (χ1v) is 8.33. The van der Waals surface area contributed by atoms with Crippen molar-refractivity contribution in [1.82, 2.24) is 4.31 Å². The second-order valence-electron chi connectivity index (χ2n) is 5.31. The molecule has 5 nitrogen and oxygen atoms in total. The maximum atomic E-state index is 12.6. The van der Waals surface area contributed by atoms with Crippen LogP contribution in [0.3, 0.4) is 0 Å². The number of benzene rings is 1. The Balaban J connectivity index is 2.30. The van der Waals surface area contributed by atoms with E-state index in [4.69, 9.17) is 4.74 Å². The number of halogens is 3. The quantitative estimate of drug-likeness (QED) is 0.826. The molecule has 0 aliphatic carbocycles. The summed E-state index contributed by atoms with van der Waals surface area (Å²) in [6.45, 7) is 0. The van der Waals surface area contributed by atoms with Crippen LogP contribution in [0.15, 0.2) is 42.8 Å². The molecule has 0 amide bonds. The van der Waals surface area contributed by atoms with Gasteiger partial charge in [0.15, 0.2) is 0 Å². The Morgan fingerprint density at radius 1 is 1.17 bits per heavy atom. The number of allylic oxidation sites excluding steroid dienone is 2. The van der Waals surface area contributed by atoms with Gasteiger partial charge in [-0.25, -0.2) is 4.31 Å². The predicted molar refractivity (Wildman–Crippen MR) is 85.2 cm³/mol. The molecule has 24 heavy (non-hydrogen) atoms. The normalized spacial score (nSPS) is 15.7. The topological polar surface area (TPSA) is 49.9 Å². The monoisotopic (exact) mass is 362 g/mol. The van der Waals surface area contributed by atoms with Gasteiger partial charge in [0.1, 0.15) is 5.75 Å². The highest BCUT2D eigenvalue weighted by atomic mass is 32.2. The molecule has 0 N–H and O–H groups in total. The first-order chi connectivity index (χ1) is 11.1. The Hall–Kier alpha value is -2.16. The molecule has 0 bridgehead atoms. The summed E-state index contributed by atoms with van der Waals surface area (Å²) >= 11 is 0. The number of methoxy groups -OCH3 is 1. The molecule has 1 aromatic carbocycles. The molecule has 0 radical (unpaired) electrons. The van der Waals surface area contributed by atoms with Crippen molar-refractivity contribution in [3.8, 4) is 5.75 Å². The van der Waals surface area contributed by atoms with E-state index in [1.807, 2.05) is 25.1 Å². The second kappa shape index (κ2) is 6.39. The number of hydrogen-bond donors (Lipinski definition) is 0. The average molecular weight is 362 g/mol. The Morgan fingerprint density at radius 3 is 2.21 bits per heavy atom. The van der Waals surface area contributed by atoms with E-state index in [1.54, 1.807) is 12.1 Å². The molecule has 9 heteroatoms. The predicted octanol–water partition coefficient (Wildman–Crippen LogP) is 3.04. The summed E-state index contributed by atoms with van der Waals surface area (Å²) in [5.41, 5.74) is -3.72. The Kier molecular flexibility index (Phi) is 4.84. The molecule has 1 aliphatic rings. The SMILES string of the molecule is COc1cc(N(C)C)ccc1C1C=CN(S(=O)(=O)C(F)(F)F)C=C1. The van der Waals surface area contributed by atoms with E-state index in [2.05, 4.69) is 0 Å². The molecule has 0 saturated heterocycles. The largest absolute Gasteiger partial charge is 0.517 e. The molecule has 1 aromatic rings. The summed E-state index contributed by atoms with van der Waals surface area (Å²) in [6, 6.07) is 5.44. The zero-order chi connectivity index (χ0) is 18.1. The molecule has 0 unspecified atom stereocenters. The van der Waals surface area contributed by atoms with Gasteiger partial charge in [-0.15, -0.1) is 0 Å². The fourth-order valence-corrected chi connectivity index (χ4v) is 2.91. The van der Waals surface area contributed by atoms with E-state index in [1.165, 1.54) is 19.3 Å². The summed E-state index contributed by atoms with van der Waals surface area (Å²) in [4.78, 5) is 1.89. The van der Waals surface area contributed by atoms with Crippen LogP contribution in [0.5, 0.6) is 5.75 Å². The number of rotatable bonds is 4. The summed E-state index contributed by atoms with van der Waals surface area (Å²) in [5, 5.41) is 0. The van der Waals surface area contributed by atoms with E-state index >= 15 is 0 Å². The minimum atomic E-state index is -5.42. The highest BCUT2D eigenvalue weighted by molar-refractivity contribution is 7.90. The van der Waals surface area contributed by atoms with Crippen molar-refractivity contribution in [2.75, 3.05) is 26.1 Å². The van der Waals surface area contributed by atoms with Gasteiger partial charge in [0.25, 0.3) is 0 Å². The van der Waals surface area contributed by atoms with Gasteiger partial charge in [-0.1, -0.05) is 18.2 Å². The van der Waals surface area contributed by atoms with Crippen LogP contribution in [0, 0.1) is 0 Å². The van der Waals surface area contributed by atoms with Crippen LogP contribution in [0.2, 0.25) is 0 Å². The number of anilines is 1. The second-order valence-corrected chi connectivity index (χ2v) is 7.14. The number of sulfonamides is 1. The first kappa shape index (κ1) is 18.2. The molecule has 0 fully saturated rings. The molecule has 1 aliphatic heterocycles. The molecule has 2 rings (SSSR count). The van der Waals surface area contributed by atoms with Gasteiger partial charge in [0, 0.05) is 49.7 Å². The fourth-order valence-electron chi connectivity index (χ4n) is 2.21. The van der Waals surface area contributed by atoms with Gasteiger partial charge < -0.3 is 9.64 Å². The van der Waals surface area contributed by atoms with Crippen LogP contribution in [0.1, 0.15) is 11.5 Å². The van der Waals surface area contributed by atoms with Gasteiger partial charge in [-0.3, -0.25) is 0 Å². The maximum Gasteiger partial charge on any atom is 0.517 e. The zero-order valence-electron chi connectivity index (χ0n) is 13.3. The lowest BCUT2D eigenvalue weighted by Gasteiger charge is -2.24. The van der Waals surface area contributed by atoms with E-state index in [0.29, 0.717) is 5.75 Å². The van der Waals surface area contributed by atoms with Crippen molar-refractivity contribution in [3.05, 3.63) is 48.3 Å². The number of hydrogen-bond acceptors (Lipinski definition) is 4. The Morgan fingerprint density at radius 2 is 1.75 bits per heavy atom. The lowest BCUT2D eigenvalue weighted by Crippen LogP contribution is -2.35. The molecule has 0 atom stereocenters. The molecule has 132 valence electrons.